The number of piperazine rings is 1. The number of aryl methyl sites for hydroxylation is 1. The summed E-state index contributed by atoms with van der Waals surface area (Å²) in [5, 5.41) is 7.66. The summed E-state index contributed by atoms with van der Waals surface area (Å²) in [5.41, 5.74) is 3.68. The van der Waals surface area contributed by atoms with Gasteiger partial charge in [-0.1, -0.05) is 12.1 Å². The Morgan fingerprint density at radius 2 is 1.84 bits per heavy atom. The van der Waals surface area contributed by atoms with Crippen LogP contribution in [0.25, 0.3) is 5.69 Å². The number of hydrogen-bond acceptors (Lipinski definition) is 5. The molecule has 1 saturated heterocycles. The van der Waals surface area contributed by atoms with Crippen molar-refractivity contribution in [1.82, 2.24) is 24.6 Å². The van der Waals surface area contributed by atoms with Gasteiger partial charge in [0, 0.05) is 57.0 Å². The van der Waals surface area contributed by atoms with Crippen molar-refractivity contribution < 1.29 is 0 Å². The third-order valence-corrected chi connectivity index (χ3v) is 5.43. The summed E-state index contributed by atoms with van der Waals surface area (Å²) < 4.78 is 1.91. The number of hydrogen-bond donors (Lipinski definition) is 0. The van der Waals surface area contributed by atoms with Gasteiger partial charge in [-0.3, -0.25) is 9.80 Å². The molecule has 3 heterocycles. The van der Waals surface area contributed by atoms with Crippen molar-refractivity contribution in [3.63, 3.8) is 0 Å². The molecule has 0 spiro atoms. The Balaban J connectivity index is 1.32. The Morgan fingerprint density at radius 3 is 2.52 bits per heavy atom. The third-order valence-electron chi connectivity index (χ3n) is 4.60. The second kappa shape index (κ2) is 7.47. The molecule has 0 unspecified atom stereocenters. The Hall–Kier alpha value is -2.02. The number of nitrogens with zero attached hydrogens (tertiary/aromatic N) is 5. The molecule has 1 fully saturated rings. The van der Waals surface area contributed by atoms with E-state index in [1.54, 1.807) is 11.3 Å². The van der Waals surface area contributed by atoms with Gasteiger partial charge in [-0.05, 0) is 30.7 Å². The van der Waals surface area contributed by atoms with E-state index in [-0.39, 0.29) is 0 Å². The maximum atomic E-state index is 4.58. The topological polar surface area (TPSA) is 37.2 Å². The largest absolute Gasteiger partial charge is 0.297 e. The maximum absolute atomic E-state index is 4.58. The summed E-state index contributed by atoms with van der Waals surface area (Å²) >= 11 is 1.74. The van der Waals surface area contributed by atoms with E-state index in [2.05, 4.69) is 56.5 Å². The fourth-order valence-electron chi connectivity index (χ4n) is 3.29. The highest BCUT2D eigenvalue weighted by Crippen LogP contribution is 2.15. The van der Waals surface area contributed by atoms with E-state index in [4.69, 9.17) is 0 Å². The van der Waals surface area contributed by atoms with Crippen LogP contribution in [-0.2, 0) is 13.1 Å². The zero-order chi connectivity index (χ0) is 17.1. The van der Waals surface area contributed by atoms with Crippen molar-refractivity contribution in [2.24, 2.45) is 0 Å². The lowest BCUT2D eigenvalue weighted by atomic mass is 10.1. The van der Waals surface area contributed by atoms with Gasteiger partial charge in [0.1, 0.15) is 0 Å². The second-order valence-electron chi connectivity index (χ2n) is 6.53. The van der Waals surface area contributed by atoms with Gasteiger partial charge in [0.25, 0.3) is 0 Å². The molecule has 6 heteroatoms. The van der Waals surface area contributed by atoms with Gasteiger partial charge in [0.2, 0.25) is 0 Å². The Labute approximate surface area is 152 Å². The highest BCUT2D eigenvalue weighted by atomic mass is 32.1. The monoisotopic (exact) mass is 353 g/mol. The summed E-state index contributed by atoms with van der Waals surface area (Å²) in [6, 6.07) is 10.6. The van der Waals surface area contributed by atoms with Gasteiger partial charge in [-0.25, -0.2) is 9.67 Å². The molecular formula is C19H23N5S. The average Bonchev–Trinajstić information content (AvgIpc) is 3.29. The van der Waals surface area contributed by atoms with Crippen molar-refractivity contribution in [3.8, 4) is 5.69 Å². The van der Waals surface area contributed by atoms with E-state index in [9.17, 15) is 0 Å². The molecule has 130 valence electrons. The third kappa shape index (κ3) is 4.15. The van der Waals surface area contributed by atoms with E-state index in [0.29, 0.717) is 0 Å². The van der Waals surface area contributed by atoms with Crippen LogP contribution >= 0.6 is 11.3 Å². The molecule has 0 N–H and O–H groups in total. The predicted octanol–water partition coefficient (Wildman–Crippen LogP) is 2.96. The van der Waals surface area contributed by atoms with Crippen LogP contribution in [0.15, 0.2) is 48.1 Å². The van der Waals surface area contributed by atoms with Crippen LogP contribution < -0.4 is 0 Å². The molecule has 1 aliphatic rings. The summed E-state index contributed by atoms with van der Waals surface area (Å²) in [6.07, 6.45) is 3.80. The standard InChI is InChI=1S/C19H23N5S/c1-16-21-18(15-25-16)14-23-10-8-22(9-11-23)13-17-4-2-5-19(12-17)24-7-3-6-20-24/h2-7,12,15H,8-11,13-14H2,1H3. The molecule has 3 aromatic rings. The highest BCUT2D eigenvalue weighted by molar-refractivity contribution is 7.09. The molecule has 0 bridgehead atoms. The summed E-state index contributed by atoms with van der Waals surface area (Å²) in [7, 11) is 0. The van der Waals surface area contributed by atoms with E-state index in [1.807, 2.05) is 23.1 Å². The molecule has 0 amide bonds. The molecule has 25 heavy (non-hydrogen) atoms. The Kier molecular flexibility index (Phi) is 4.92. The fourth-order valence-corrected chi connectivity index (χ4v) is 3.90. The number of aromatic nitrogens is 3. The lowest BCUT2D eigenvalue weighted by Gasteiger charge is -2.34. The number of rotatable bonds is 5. The molecule has 2 aromatic heterocycles. The quantitative estimate of drug-likeness (QED) is 0.707. The molecule has 0 aliphatic carbocycles. The molecule has 0 radical (unpaired) electrons. The van der Waals surface area contributed by atoms with Crippen molar-refractivity contribution in [3.05, 3.63) is 64.4 Å². The van der Waals surface area contributed by atoms with Gasteiger partial charge in [0.05, 0.1) is 16.4 Å². The predicted molar refractivity (Wildman–Crippen MR) is 101 cm³/mol. The molecule has 1 aromatic carbocycles. The van der Waals surface area contributed by atoms with Crippen LogP contribution in [0.2, 0.25) is 0 Å². The Bertz CT molecular complexity index is 803. The SMILES string of the molecule is Cc1nc(CN2CCN(Cc3cccc(-n4cccn4)c3)CC2)cs1. The van der Waals surface area contributed by atoms with Crippen molar-refractivity contribution in [1.29, 1.82) is 0 Å². The van der Waals surface area contributed by atoms with Crippen molar-refractivity contribution in [2.45, 2.75) is 20.0 Å². The van der Waals surface area contributed by atoms with Gasteiger partial charge in [-0.15, -0.1) is 11.3 Å². The van der Waals surface area contributed by atoms with Crippen LogP contribution in [0.1, 0.15) is 16.3 Å². The van der Waals surface area contributed by atoms with Crippen molar-refractivity contribution >= 4 is 11.3 Å². The lowest BCUT2D eigenvalue weighted by Crippen LogP contribution is -2.45. The lowest BCUT2D eigenvalue weighted by molar-refractivity contribution is 0.121. The van der Waals surface area contributed by atoms with E-state index < -0.39 is 0 Å². The first-order valence-corrected chi connectivity index (χ1v) is 9.59. The van der Waals surface area contributed by atoms with Crippen LogP contribution in [-0.4, -0.2) is 50.7 Å². The highest BCUT2D eigenvalue weighted by Gasteiger charge is 2.18. The number of benzene rings is 1. The normalized spacial score (nSPS) is 16.4. The van der Waals surface area contributed by atoms with Gasteiger partial charge in [-0.2, -0.15) is 5.10 Å². The first-order valence-electron chi connectivity index (χ1n) is 8.71. The summed E-state index contributed by atoms with van der Waals surface area (Å²) in [5.74, 6) is 0. The summed E-state index contributed by atoms with van der Waals surface area (Å²) in [6.45, 7) is 8.48. The fraction of sp³-hybridized carbons (Fsp3) is 0.368. The van der Waals surface area contributed by atoms with Gasteiger partial charge < -0.3 is 0 Å². The van der Waals surface area contributed by atoms with E-state index in [0.717, 1.165) is 50.0 Å². The summed E-state index contributed by atoms with van der Waals surface area (Å²) in [4.78, 5) is 9.62. The van der Waals surface area contributed by atoms with Crippen LogP contribution in [0.5, 0.6) is 0 Å². The molecule has 5 nitrogen and oxygen atoms in total. The second-order valence-corrected chi connectivity index (χ2v) is 7.59. The van der Waals surface area contributed by atoms with E-state index in [1.165, 1.54) is 11.3 Å². The first kappa shape index (κ1) is 16.4. The molecule has 0 saturated carbocycles. The van der Waals surface area contributed by atoms with Crippen LogP contribution in [0.4, 0.5) is 0 Å². The van der Waals surface area contributed by atoms with Gasteiger partial charge in [0.15, 0.2) is 0 Å². The first-order chi connectivity index (χ1) is 12.3. The minimum absolute atomic E-state index is 0.979. The molecular weight excluding hydrogens is 330 g/mol. The minimum atomic E-state index is 0.979. The van der Waals surface area contributed by atoms with E-state index >= 15 is 0 Å². The Morgan fingerprint density at radius 1 is 1.04 bits per heavy atom. The molecule has 1 aliphatic heterocycles. The zero-order valence-corrected chi connectivity index (χ0v) is 15.3. The van der Waals surface area contributed by atoms with Crippen LogP contribution in [0.3, 0.4) is 0 Å². The van der Waals surface area contributed by atoms with Crippen molar-refractivity contribution in [2.75, 3.05) is 26.2 Å². The minimum Gasteiger partial charge on any atom is -0.297 e. The average molecular weight is 353 g/mol. The maximum Gasteiger partial charge on any atom is 0.0897 e. The molecule has 4 rings (SSSR count). The molecule has 0 atom stereocenters. The van der Waals surface area contributed by atoms with Gasteiger partial charge >= 0.3 is 0 Å². The smallest absolute Gasteiger partial charge is 0.0897 e. The zero-order valence-electron chi connectivity index (χ0n) is 14.5. The van der Waals surface area contributed by atoms with Crippen LogP contribution in [0, 0.1) is 6.92 Å². The number of thiazole rings is 1.